The molecule has 4 rings (SSSR count). The quantitative estimate of drug-likeness (QED) is 0.412. The van der Waals surface area contributed by atoms with Gasteiger partial charge < -0.3 is 4.90 Å². The zero-order chi connectivity index (χ0) is 23.3. The number of sulfone groups is 1. The second-order valence-electron chi connectivity index (χ2n) is 6.79. The fourth-order valence-electron chi connectivity index (χ4n) is 3.10. The van der Waals surface area contributed by atoms with Crippen LogP contribution in [-0.2, 0) is 16.0 Å². The molecule has 0 spiro atoms. The van der Waals surface area contributed by atoms with Crippen molar-refractivity contribution in [2.45, 2.75) is 18.1 Å². The highest BCUT2D eigenvalue weighted by Crippen LogP contribution is 2.33. The second-order valence-corrected chi connectivity index (χ2v) is 8.98. The van der Waals surface area contributed by atoms with Gasteiger partial charge in [-0.3, -0.25) is 0 Å². The number of fused-ring (bicyclic) bond motifs is 2. The Balaban J connectivity index is 2.02. The summed E-state index contributed by atoms with van der Waals surface area (Å²) in [5.74, 6) is -0.0313. The molecule has 0 atom stereocenters. The number of pyridine rings is 1. The standard InChI is InChI=1S/C18H15F3N8O2S/c1-3-32(30,31)17-14(16-23-7-4-13(29(16)26-17)27(2)9-6-22)15-24-12-10-11(18(19,20)21)5-8-28(12)25-15/h4-5,7-8,10H,3,9H2,1-2H3. The summed E-state index contributed by atoms with van der Waals surface area (Å²) in [7, 11) is -2.27. The van der Waals surface area contributed by atoms with E-state index in [2.05, 4.69) is 20.2 Å². The van der Waals surface area contributed by atoms with Gasteiger partial charge >= 0.3 is 6.18 Å². The normalized spacial score (nSPS) is 12.4. The fourth-order valence-corrected chi connectivity index (χ4v) is 4.08. The predicted octanol–water partition coefficient (Wildman–Crippen LogP) is 2.21. The largest absolute Gasteiger partial charge is 0.416 e. The van der Waals surface area contributed by atoms with Gasteiger partial charge in [-0.05, 0) is 18.2 Å². The molecule has 0 bridgehead atoms. The number of hydrogen-bond acceptors (Lipinski definition) is 8. The molecule has 0 aliphatic carbocycles. The van der Waals surface area contributed by atoms with E-state index >= 15 is 0 Å². The first-order valence-electron chi connectivity index (χ1n) is 9.19. The molecule has 4 aromatic heterocycles. The maximum Gasteiger partial charge on any atom is 0.416 e. The van der Waals surface area contributed by atoms with E-state index in [1.54, 1.807) is 18.0 Å². The Kier molecular flexibility index (Phi) is 5.00. The highest BCUT2D eigenvalue weighted by atomic mass is 32.2. The maximum absolute atomic E-state index is 13.1. The van der Waals surface area contributed by atoms with Crippen LogP contribution in [0.5, 0.6) is 0 Å². The SMILES string of the molecule is CCS(=O)(=O)c1nn2c(N(C)CC#N)ccnc2c1-c1nc2cc(C(F)(F)F)ccn2n1. The van der Waals surface area contributed by atoms with Crippen molar-refractivity contribution in [3.63, 3.8) is 0 Å². The lowest BCUT2D eigenvalue weighted by Gasteiger charge is -2.15. The number of anilines is 1. The minimum absolute atomic E-state index is 0.00297. The van der Waals surface area contributed by atoms with Gasteiger partial charge in [0.25, 0.3) is 0 Å². The van der Waals surface area contributed by atoms with Gasteiger partial charge in [-0.15, -0.1) is 5.10 Å². The molecule has 4 heterocycles. The van der Waals surface area contributed by atoms with Crippen molar-refractivity contribution in [2.75, 3.05) is 24.2 Å². The monoisotopic (exact) mass is 464 g/mol. The van der Waals surface area contributed by atoms with E-state index in [9.17, 15) is 21.6 Å². The van der Waals surface area contributed by atoms with E-state index in [4.69, 9.17) is 5.26 Å². The lowest BCUT2D eigenvalue weighted by Crippen LogP contribution is -2.20. The summed E-state index contributed by atoms with van der Waals surface area (Å²) in [6.07, 6.45) is -2.08. The summed E-state index contributed by atoms with van der Waals surface area (Å²) in [4.78, 5) is 9.88. The van der Waals surface area contributed by atoms with Gasteiger partial charge in [0.1, 0.15) is 17.9 Å². The van der Waals surface area contributed by atoms with Crippen molar-refractivity contribution in [3.8, 4) is 17.5 Å². The number of hydrogen-bond donors (Lipinski definition) is 0. The number of rotatable bonds is 5. The van der Waals surface area contributed by atoms with Crippen LogP contribution in [0.1, 0.15) is 12.5 Å². The van der Waals surface area contributed by atoms with E-state index in [1.807, 2.05) is 6.07 Å². The third kappa shape index (κ3) is 3.50. The van der Waals surface area contributed by atoms with Crippen LogP contribution in [0, 0.1) is 11.3 Å². The summed E-state index contributed by atoms with van der Waals surface area (Å²) in [6.45, 7) is 1.43. The predicted molar refractivity (Wildman–Crippen MR) is 107 cm³/mol. The van der Waals surface area contributed by atoms with Gasteiger partial charge in [0, 0.05) is 19.4 Å². The van der Waals surface area contributed by atoms with Crippen molar-refractivity contribution >= 4 is 26.9 Å². The van der Waals surface area contributed by atoms with Crippen LogP contribution in [0.15, 0.2) is 35.6 Å². The number of nitriles is 1. The molecule has 166 valence electrons. The Morgan fingerprint density at radius 3 is 2.66 bits per heavy atom. The summed E-state index contributed by atoms with van der Waals surface area (Å²) in [5, 5.41) is 17.0. The molecule has 0 amide bonds. The highest BCUT2D eigenvalue weighted by Gasteiger charge is 2.32. The molecule has 0 aromatic carbocycles. The van der Waals surface area contributed by atoms with Crippen LogP contribution in [0.4, 0.5) is 19.0 Å². The molecular formula is C18H15F3N8O2S. The number of halogens is 3. The van der Waals surface area contributed by atoms with Crippen molar-refractivity contribution in [1.82, 2.24) is 29.2 Å². The molecule has 4 aromatic rings. The first-order chi connectivity index (χ1) is 15.1. The van der Waals surface area contributed by atoms with Crippen molar-refractivity contribution in [3.05, 3.63) is 36.2 Å². The average Bonchev–Trinajstić information content (AvgIpc) is 3.33. The Morgan fingerprint density at radius 1 is 1.25 bits per heavy atom. The first kappa shape index (κ1) is 21.5. The number of alkyl halides is 3. The minimum atomic E-state index is -4.57. The second kappa shape index (κ2) is 7.45. The Bertz CT molecular complexity index is 1480. The molecule has 0 fully saturated rings. The summed E-state index contributed by atoms with van der Waals surface area (Å²) in [5.41, 5.74) is -0.974. The zero-order valence-corrected chi connectivity index (χ0v) is 17.6. The smallest absolute Gasteiger partial charge is 0.346 e. The third-order valence-corrected chi connectivity index (χ3v) is 6.36. The van der Waals surface area contributed by atoms with E-state index in [-0.39, 0.29) is 40.0 Å². The van der Waals surface area contributed by atoms with Gasteiger partial charge in [0.2, 0.25) is 0 Å². The zero-order valence-electron chi connectivity index (χ0n) is 16.7. The molecule has 0 aliphatic heterocycles. The van der Waals surface area contributed by atoms with E-state index in [1.165, 1.54) is 17.6 Å². The Hall–Kier alpha value is -3.73. The van der Waals surface area contributed by atoms with Crippen LogP contribution >= 0.6 is 0 Å². The molecule has 0 radical (unpaired) electrons. The van der Waals surface area contributed by atoms with Gasteiger partial charge in [-0.25, -0.2) is 22.9 Å². The molecule has 0 saturated carbocycles. The highest BCUT2D eigenvalue weighted by molar-refractivity contribution is 7.91. The van der Waals surface area contributed by atoms with Crippen molar-refractivity contribution in [1.29, 1.82) is 5.26 Å². The van der Waals surface area contributed by atoms with Crippen LogP contribution in [0.25, 0.3) is 22.7 Å². The van der Waals surface area contributed by atoms with Gasteiger partial charge in [0.05, 0.1) is 17.4 Å². The third-order valence-electron chi connectivity index (χ3n) is 4.73. The van der Waals surface area contributed by atoms with Gasteiger partial charge in [0.15, 0.2) is 32.0 Å². The molecule has 32 heavy (non-hydrogen) atoms. The van der Waals surface area contributed by atoms with Crippen molar-refractivity contribution in [2.24, 2.45) is 0 Å². The van der Waals surface area contributed by atoms with E-state index in [0.29, 0.717) is 5.82 Å². The molecule has 10 nitrogen and oxygen atoms in total. The summed E-state index contributed by atoms with van der Waals surface area (Å²) in [6, 6.07) is 5.20. The maximum atomic E-state index is 13.1. The molecule has 0 aliphatic rings. The Morgan fingerprint density at radius 2 is 2.00 bits per heavy atom. The lowest BCUT2D eigenvalue weighted by atomic mass is 10.2. The minimum Gasteiger partial charge on any atom is -0.346 e. The molecule has 0 unspecified atom stereocenters. The van der Waals surface area contributed by atoms with Gasteiger partial charge in [-0.2, -0.15) is 28.0 Å². The Labute approximate surface area is 179 Å². The van der Waals surface area contributed by atoms with E-state index in [0.717, 1.165) is 22.8 Å². The molecule has 0 N–H and O–H groups in total. The summed E-state index contributed by atoms with van der Waals surface area (Å²) < 4.78 is 67.1. The van der Waals surface area contributed by atoms with Crippen LogP contribution < -0.4 is 4.90 Å². The average molecular weight is 464 g/mol. The fraction of sp³-hybridized carbons (Fsp3) is 0.278. The van der Waals surface area contributed by atoms with Crippen LogP contribution in [0.2, 0.25) is 0 Å². The lowest BCUT2D eigenvalue weighted by molar-refractivity contribution is -0.137. The van der Waals surface area contributed by atoms with E-state index < -0.39 is 21.6 Å². The first-order valence-corrected chi connectivity index (χ1v) is 10.8. The van der Waals surface area contributed by atoms with Crippen molar-refractivity contribution < 1.29 is 21.6 Å². The van der Waals surface area contributed by atoms with Crippen LogP contribution in [0.3, 0.4) is 0 Å². The van der Waals surface area contributed by atoms with Crippen LogP contribution in [-0.4, -0.2) is 57.0 Å². The number of nitrogens with zero attached hydrogens (tertiary/aromatic N) is 8. The van der Waals surface area contributed by atoms with Gasteiger partial charge in [-0.1, -0.05) is 6.92 Å². The molecular weight excluding hydrogens is 449 g/mol. The molecule has 0 saturated heterocycles. The topological polar surface area (TPSA) is 122 Å². The summed E-state index contributed by atoms with van der Waals surface area (Å²) >= 11 is 0. The number of aromatic nitrogens is 6. The molecule has 14 heteroatoms.